The van der Waals surface area contributed by atoms with Crippen molar-refractivity contribution in [2.45, 2.75) is 13.3 Å². The molecule has 0 unspecified atom stereocenters. The number of nitrogens with two attached hydrogens (primary N) is 1. The third-order valence-corrected chi connectivity index (χ3v) is 1.77. The largest absolute Gasteiger partial charge is 0.364 e. The molecule has 3 N–H and O–H groups in total. The van der Waals surface area contributed by atoms with Crippen LogP contribution in [0.1, 0.15) is 23.8 Å². The van der Waals surface area contributed by atoms with Crippen LogP contribution < -0.4 is 11.1 Å². The second-order valence-corrected chi connectivity index (χ2v) is 2.80. The number of primary amides is 1. The molecule has 0 fully saturated rings. The highest BCUT2D eigenvalue weighted by molar-refractivity contribution is 6.01. The van der Waals surface area contributed by atoms with Gasteiger partial charge in [0.05, 0.1) is 11.9 Å². The quantitative estimate of drug-likeness (QED) is 0.705. The zero-order valence-corrected chi connectivity index (χ0v) is 8.07. The third kappa shape index (κ3) is 1.90. The molecule has 1 rings (SSSR count). The lowest BCUT2D eigenvalue weighted by atomic mass is 10.3. The number of aryl methyl sites for hydroxylation is 1. The van der Waals surface area contributed by atoms with Crippen molar-refractivity contribution in [2.24, 2.45) is 12.8 Å². The van der Waals surface area contributed by atoms with Crippen LogP contribution in [-0.2, 0) is 11.8 Å². The summed E-state index contributed by atoms with van der Waals surface area (Å²) in [6.07, 6.45) is 1.74. The van der Waals surface area contributed by atoms with E-state index in [4.69, 9.17) is 5.73 Å². The summed E-state index contributed by atoms with van der Waals surface area (Å²) < 4.78 is 1.33. The highest BCUT2D eigenvalue weighted by atomic mass is 16.2. The number of rotatable bonds is 3. The van der Waals surface area contributed by atoms with Crippen molar-refractivity contribution < 1.29 is 9.59 Å². The zero-order chi connectivity index (χ0) is 10.7. The number of carbonyl (C=O) groups excluding carboxylic acids is 2. The van der Waals surface area contributed by atoms with Crippen LogP contribution in [0.5, 0.6) is 0 Å². The average Bonchev–Trinajstić information content (AvgIpc) is 2.46. The van der Waals surface area contributed by atoms with Crippen LogP contribution in [-0.4, -0.2) is 21.6 Å². The maximum Gasteiger partial charge on any atom is 0.269 e. The summed E-state index contributed by atoms with van der Waals surface area (Å²) in [7, 11) is 1.59. The van der Waals surface area contributed by atoms with Crippen LogP contribution in [0, 0.1) is 0 Å². The Bertz CT molecular complexity index is 369. The summed E-state index contributed by atoms with van der Waals surface area (Å²) in [5.74, 6) is -0.795. The average molecular weight is 196 g/mol. The van der Waals surface area contributed by atoms with Crippen molar-refractivity contribution in [2.75, 3.05) is 5.32 Å². The van der Waals surface area contributed by atoms with E-state index in [9.17, 15) is 9.59 Å². The molecule has 1 heterocycles. The highest BCUT2D eigenvalue weighted by Gasteiger charge is 2.14. The van der Waals surface area contributed by atoms with Gasteiger partial charge in [0, 0.05) is 13.5 Å². The van der Waals surface area contributed by atoms with Crippen LogP contribution in [0.25, 0.3) is 0 Å². The maximum atomic E-state index is 11.1. The molecule has 0 radical (unpaired) electrons. The Balaban J connectivity index is 2.98. The third-order valence-electron chi connectivity index (χ3n) is 1.77. The Hall–Kier alpha value is -1.85. The fourth-order valence-electron chi connectivity index (χ4n) is 1.06. The van der Waals surface area contributed by atoms with E-state index in [1.165, 1.54) is 10.9 Å². The Kier molecular flexibility index (Phi) is 2.85. The summed E-state index contributed by atoms with van der Waals surface area (Å²) in [6, 6.07) is 0. The minimum Gasteiger partial charge on any atom is -0.364 e. The van der Waals surface area contributed by atoms with E-state index in [1.54, 1.807) is 14.0 Å². The van der Waals surface area contributed by atoms with E-state index in [-0.39, 0.29) is 11.6 Å². The first-order chi connectivity index (χ1) is 6.56. The number of aromatic nitrogens is 2. The van der Waals surface area contributed by atoms with Gasteiger partial charge in [0.1, 0.15) is 5.69 Å². The van der Waals surface area contributed by atoms with Crippen LogP contribution in [0.3, 0.4) is 0 Å². The van der Waals surface area contributed by atoms with Gasteiger partial charge in [-0.05, 0) is 0 Å². The number of hydrogen-bond acceptors (Lipinski definition) is 3. The predicted octanol–water partition coefficient (Wildman–Crippen LogP) is -0.132. The lowest BCUT2D eigenvalue weighted by Gasteiger charge is -2.02. The van der Waals surface area contributed by atoms with Gasteiger partial charge in [0.25, 0.3) is 5.91 Å². The van der Waals surface area contributed by atoms with Crippen molar-refractivity contribution >= 4 is 17.5 Å². The Morgan fingerprint density at radius 2 is 2.29 bits per heavy atom. The fraction of sp³-hybridized carbons (Fsp3) is 0.375. The van der Waals surface area contributed by atoms with Gasteiger partial charge in [-0.1, -0.05) is 6.92 Å². The minimum atomic E-state index is -0.614. The number of nitrogens with one attached hydrogen (secondary N) is 1. The standard InChI is InChI=1S/C8H12N4O2/c1-3-6(13)11-5-4-10-12(2)7(5)8(9)14/h4H,3H2,1-2H3,(H2,9,14)(H,11,13). The molecule has 0 aromatic carbocycles. The van der Waals surface area contributed by atoms with Crippen molar-refractivity contribution in [3.05, 3.63) is 11.9 Å². The molecule has 1 aromatic rings. The molecule has 0 spiro atoms. The molecule has 6 nitrogen and oxygen atoms in total. The predicted molar refractivity (Wildman–Crippen MR) is 50.6 cm³/mol. The van der Waals surface area contributed by atoms with Crippen LogP contribution in [0.15, 0.2) is 6.20 Å². The van der Waals surface area contributed by atoms with Gasteiger partial charge in [0.2, 0.25) is 5.91 Å². The highest BCUT2D eigenvalue weighted by Crippen LogP contribution is 2.13. The molecule has 76 valence electrons. The Morgan fingerprint density at radius 3 is 2.79 bits per heavy atom. The van der Waals surface area contributed by atoms with Crippen molar-refractivity contribution in [1.82, 2.24) is 9.78 Å². The SMILES string of the molecule is CCC(=O)Nc1cnn(C)c1C(N)=O. The Morgan fingerprint density at radius 1 is 1.64 bits per heavy atom. The van der Waals surface area contributed by atoms with E-state index >= 15 is 0 Å². The number of hydrogen-bond donors (Lipinski definition) is 2. The monoisotopic (exact) mass is 196 g/mol. The van der Waals surface area contributed by atoms with Gasteiger partial charge >= 0.3 is 0 Å². The van der Waals surface area contributed by atoms with Gasteiger partial charge < -0.3 is 11.1 Å². The molecule has 0 aliphatic rings. The molecular weight excluding hydrogens is 184 g/mol. The smallest absolute Gasteiger partial charge is 0.269 e. The molecule has 0 saturated carbocycles. The molecule has 0 saturated heterocycles. The zero-order valence-electron chi connectivity index (χ0n) is 8.07. The summed E-state index contributed by atoms with van der Waals surface area (Å²) in [5, 5.41) is 6.37. The van der Waals surface area contributed by atoms with Gasteiger partial charge in [0.15, 0.2) is 0 Å². The van der Waals surface area contributed by atoms with Gasteiger partial charge in [-0.15, -0.1) is 0 Å². The lowest BCUT2D eigenvalue weighted by Crippen LogP contribution is -2.19. The van der Waals surface area contributed by atoms with Crippen LogP contribution in [0.2, 0.25) is 0 Å². The molecule has 0 aliphatic heterocycles. The number of nitrogens with zero attached hydrogens (tertiary/aromatic N) is 2. The molecular formula is C8H12N4O2. The van der Waals surface area contributed by atoms with Gasteiger partial charge in [-0.2, -0.15) is 5.10 Å². The summed E-state index contributed by atoms with van der Waals surface area (Å²) in [6.45, 7) is 1.72. The van der Waals surface area contributed by atoms with Crippen LogP contribution >= 0.6 is 0 Å². The van der Waals surface area contributed by atoms with E-state index in [1.807, 2.05) is 0 Å². The number of amides is 2. The first-order valence-electron chi connectivity index (χ1n) is 4.18. The topological polar surface area (TPSA) is 90.0 Å². The second kappa shape index (κ2) is 3.91. The Labute approximate surface area is 81.1 Å². The summed E-state index contributed by atoms with van der Waals surface area (Å²) >= 11 is 0. The molecule has 14 heavy (non-hydrogen) atoms. The fourth-order valence-corrected chi connectivity index (χ4v) is 1.06. The van der Waals surface area contributed by atoms with Gasteiger partial charge in [-0.3, -0.25) is 14.3 Å². The molecule has 0 bridgehead atoms. The van der Waals surface area contributed by atoms with E-state index in [2.05, 4.69) is 10.4 Å². The van der Waals surface area contributed by atoms with E-state index < -0.39 is 5.91 Å². The molecule has 1 aromatic heterocycles. The van der Waals surface area contributed by atoms with Crippen molar-refractivity contribution in [3.63, 3.8) is 0 Å². The maximum absolute atomic E-state index is 11.1. The van der Waals surface area contributed by atoms with E-state index in [0.717, 1.165) is 0 Å². The number of carbonyl (C=O) groups is 2. The molecule has 0 aliphatic carbocycles. The van der Waals surface area contributed by atoms with Crippen LogP contribution in [0.4, 0.5) is 5.69 Å². The van der Waals surface area contributed by atoms with Crippen molar-refractivity contribution in [3.8, 4) is 0 Å². The molecule has 0 atom stereocenters. The summed E-state index contributed by atoms with van der Waals surface area (Å²) in [4.78, 5) is 22.0. The lowest BCUT2D eigenvalue weighted by molar-refractivity contribution is -0.115. The normalized spacial score (nSPS) is 9.86. The summed E-state index contributed by atoms with van der Waals surface area (Å²) in [5.41, 5.74) is 5.68. The van der Waals surface area contributed by atoms with Gasteiger partial charge in [-0.25, -0.2) is 0 Å². The van der Waals surface area contributed by atoms with Crippen molar-refractivity contribution in [1.29, 1.82) is 0 Å². The molecule has 6 heteroatoms. The number of anilines is 1. The van der Waals surface area contributed by atoms with E-state index in [0.29, 0.717) is 12.1 Å². The first-order valence-corrected chi connectivity index (χ1v) is 4.18. The first kappa shape index (κ1) is 10.2. The minimum absolute atomic E-state index is 0.180. The molecule has 2 amide bonds. The second-order valence-electron chi connectivity index (χ2n) is 2.80.